The van der Waals surface area contributed by atoms with Crippen LogP contribution in [0, 0.1) is 12.7 Å². The van der Waals surface area contributed by atoms with E-state index in [0.29, 0.717) is 13.0 Å². The number of hydrogen-bond acceptors (Lipinski definition) is 2. The summed E-state index contributed by atoms with van der Waals surface area (Å²) in [6.07, 6.45) is 3.16. The van der Waals surface area contributed by atoms with E-state index in [1.54, 1.807) is 6.07 Å². The minimum atomic E-state index is -0.654. The summed E-state index contributed by atoms with van der Waals surface area (Å²) in [7, 11) is 0. The van der Waals surface area contributed by atoms with E-state index >= 15 is 0 Å². The van der Waals surface area contributed by atoms with E-state index in [2.05, 4.69) is 0 Å². The Morgan fingerprint density at radius 2 is 2.22 bits per heavy atom. The Hall–Kier alpha value is -1.22. The lowest BCUT2D eigenvalue weighted by Gasteiger charge is -2.32. The number of ketones is 1. The van der Waals surface area contributed by atoms with Crippen LogP contribution >= 0.6 is 0 Å². The monoisotopic (exact) mass is 250 g/mol. The van der Waals surface area contributed by atoms with Crippen molar-refractivity contribution in [3.63, 3.8) is 0 Å². The fourth-order valence-corrected chi connectivity index (χ4v) is 2.37. The predicted octanol–water partition coefficient (Wildman–Crippen LogP) is 3.20. The van der Waals surface area contributed by atoms with Crippen LogP contribution in [-0.2, 0) is 16.0 Å². The van der Waals surface area contributed by atoms with Crippen LogP contribution in [0.2, 0.25) is 0 Å². The minimum absolute atomic E-state index is 0.0944. The molecule has 1 aromatic carbocycles. The van der Waals surface area contributed by atoms with Crippen molar-refractivity contribution in [2.75, 3.05) is 6.61 Å². The summed E-state index contributed by atoms with van der Waals surface area (Å²) in [4.78, 5) is 12.3. The van der Waals surface area contributed by atoms with Crippen LogP contribution in [0.25, 0.3) is 0 Å². The Morgan fingerprint density at radius 1 is 1.44 bits per heavy atom. The molecular formula is C15H19FO2. The van der Waals surface area contributed by atoms with E-state index in [-0.39, 0.29) is 11.6 Å². The van der Waals surface area contributed by atoms with E-state index in [1.165, 1.54) is 12.1 Å². The number of carbonyl (C=O) groups is 1. The van der Waals surface area contributed by atoms with Gasteiger partial charge in [0.15, 0.2) is 5.78 Å². The molecule has 0 bridgehead atoms. The maximum Gasteiger partial charge on any atom is 0.168 e. The van der Waals surface area contributed by atoms with Gasteiger partial charge >= 0.3 is 0 Å². The highest BCUT2D eigenvalue weighted by Gasteiger charge is 2.35. The van der Waals surface area contributed by atoms with E-state index in [4.69, 9.17) is 4.74 Å². The summed E-state index contributed by atoms with van der Waals surface area (Å²) in [5.74, 6) is -0.166. The molecule has 18 heavy (non-hydrogen) atoms. The fraction of sp³-hybridized carbons (Fsp3) is 0.533. The summed E-state index contributed by atoms with van der Waals surface area (Å²) >= 11 is 0. The first kappa shape index (κ1) is 13.2. The van der Waals surface area contributed by atoms with Crippen molar-refractivity contribution in [2.45, 2.75) is 45.1 Å². The van der Waals surface area contributed by atoms with Crippen molar-refractivity contribution in [2.24, 2.45) is 0 Å². The summed E-state index contributed by atoms with van der Waals surface area (Å²) in [6, 6.07) is 4.56. The van der Waals surface area contributed by atoms with E-state index < -0.39 is 5.60 Å². The molecule has 2 rings (SSSR count). The number of Topliss-reactive ketones (excluding diaryl/α,β-unsaturated/α-hetero) is 1. The second-order valence-electron chi connectivity index (χ2n) is 5.21. The second-order valence-corrected chi connectivity index (χ2v) is 5.21. The molecule has 1 aliphatic rings. The van der Waals surface area contributed by atoms with E-state index in [1.807, 2.05) is 13.8 Å². The molecule has 2 nitrogen and oxygen atoms in total. The Morgan fingerprint density at radius 3 is 2.83 bits per heavy atom. The van der Waals surface area contributed by atoms with Gasteiger partial charge in [-0.15, -0.1) is 0 Å². The van der Waals surface area contributed by atoms with Crippen molar-refractivity contribution in [3.8, 4) is 0 Å². The van der Waals surface area contributed by atoms with Crippen LogP contribution in [-0.4, -0.2) is 18.0 Å². The van der Waals surface area contributed by atoms with Crippen LogP contribution in [0.1, 0.15) is 37.3 Å². The Bertz CT molecular complexity index is 448. The van der Waals surface area contributed by atoms with Gasteiger partial charge in [-0.05, 0) is 56.4 Å². The lowest BCUT2D eigenvalue weighted by molar-refractivity contribution is -0.147. The van der Waals surface area contributed by atoms with Crippen molar-refractivity contribution in [1.82, 2.24) is 0 Å². The molecule has 1 unspecified atom stereocenters. The molecule has 0 saturated carbocycles. The maximum absolute atomic E-state index is 13.0. The highest BCUT2D eigenvalue weighted by Crippen LogP contribution is 2.27. The topological polar surface area (TPSA) is 26.3 Å². The average Bonchev–Trinajstić information content (AvgIpc) is 2.33. The summed E-state index contributed by atoms with van der Waals surface area (Å²) in [6.45, 7) is 4.35. The third-order valence-corrected chi connectivity index (χ3v) is 3.71. The molecule has 1 saturated heterocycles. The van der Waals surface area contributed by atoms with E-state index in [0.717, 1.165) is 30.4 Å². The van der Waals surface area contributed by atoms with Gasteiger partial charge in [0.1, 0.15) is 11.4 Å². The number of hydrogen-bond donors (Lipinski definition) is 0. The standard InChI is InChI=1S/C15H19FO2/c1-11-9-13(16)6-5-12(11)10-14(17)15(2)7-3-4-8-18-15/h5-6,9H,3-4,7-8,10H2,1-2H3. The maximum atomic E-state index is 13.0. The van der Waals surface area contributed by atoms with Crippen molar-refractivity contribution in [3.05, 3.63) is 35.1 Å². The van der Waals surface area contributed by atoms with Crippen LogP contribution < -0.4 is 0 Å². The third-order valence-electron chi connectivity index (χ3n) is 3.71. The van der Waals surface area contributed by atoms with Gasteiger partial charge in [0.2, 0.25) is 0 Å². The summed E-state index contributed by atoms with van der Waals surface area (Å²) in [5.41, 5.74) is 1.05. The first-order chi connectivity index (χ1) is 8.51. The van der Waals surface area contributed by atoms with E-state index in [9.17, 15) is 9.18 Å². The lowest BCUT2D eigenvalue weighted by Crippen LogP contribution is -2.42. The van der Waals surface area contributed by atoms with Gasteiger partial charge in [-0.2, -0.15) is 0 Å². The quantitative estimate of drug-likeness (QED) is 0.823. The Kier molecular flexibility index (Phi) is 3.81. The normalized spacial score (nSPS) is 23.9. The van der Waals surface area contributed by atoms with Crippen LogP contribution in [0.5, 0.6) is 0 Å². The largest absolute Gasteiger partial charge is 0.367 e. The molecule has 0 aliphatic carbocycles. The summed E-state index contributed by atoms with van der Waals surface area (Å²) < 4.78 is 18.6. The third kappa shape index (κ3) is 2.78. The van der Waals surface area contributed by atoms with Crippen molar-refractivity contribution in [1.29, 1.82) is 0 Å². The molecule has 1 heterocycles. The Balaban J connectivity index is 2.11. The van der Waals surface area contributed by atoms with Gasteiger partial charge in [0, 0.05) is 13.0 Å². The first-order valence-corrected chi connectivity index (χ1v) is 6.43. The SMILES string of the molecule is Cc1cc(F)ccc1CC(=O)C1(C)CCCCO1. The van der Waals surface area contributed by atoms with Crippen LogP contribution in [0.3, 0.4) is 0 Å². The van der Waals surface area contributed by atoms with Crippen LogP contribution in [0.15, 0.2) is 18.2 Å². The van der Waals surface area contributed by atoms with Gasteiger partial charge in [-0.1, -0.05) is 6.07 Å². The number of aryl methyl sites for hydroxylation is 1. The number of benzene rings is 1. The zero-order valence-electron chi connectivity index (χ0n) is 11.0. The Labute approximate surface area is 107 Å². The molecule has 1 aromatic rings. The zero-order valence-corrected chi connectivity index (χ0v) is 11.0. The molecule has 98 valence electrons. The van der Waals surface area contributed by atoms with Crippen molar-refractivity contribution >= 4 is 5.78 Å². The molecule has 0 amide bonds. The number of rotatable bonds is 3. The highest BCUT2D eigenvalue weighted by atomic mass is 19.1. The first-order valence-electron chi connectivity index (χ1n) is 6.43. The molecule has 3 heteroatoms. The smallest absolute Gasteiger partial charge is 0.168 e. The minimum Gasteiger partial charge on any atom is -0.367 e. The fourth-order valence-electron chi connectivity index (χ4n) is 2.37. The molecule has 1 atom stereocenters. The number of ether oxygens (including phenoxy) is 1. The molecular weight excluding hydrogens is 231 g/mol. The molecule has 0 aromatic heterocycles. The molecule has 0 N–H and O–H groups in total. The number of halogens is 1. The molecule has 1 fully saturated rings. The second kappa shape index (κ2) is 5.19. The molecule has 0 spiro atoms. The average molecular weight is 250 g/mol. The van der Waals surface area contributed by atoms with Gasteiger partial charge in [0.25, 0.3) is 0 Å². The molecule has 0 radical (unpaired) electrons. The lowest BCUT2D eigenvalue weighted by atomic mass is 9.87. The number of carbonyl (C=O) groups excluding carboxylic acids is 1. The van der Waals surface area contributed by atoms with Gasteiger partial charge < -0.3 is 4.74 Å². The molecule has 1 aliphatic heterocycles. The highest BCUT2D eigenvalue weighted by molar-refractivity contribution is 5.89. The van der Waals surface area contributed by atoms with Crippen LogP contribution in [0.4, 0.5) is 4.39 Å². The van der Waals surface area contributed by atoms with Crippen molar-refractivity contribution < 1.29 is 13.9 Å². The zero-order chi connectivity index (χ0) is 13.2. The van der Waals surface area contributed by atoms with Gasteiger partial charge in [-0.3, -0.25) is 4.79 Å². The van der Waals surface area contributed by atoms with Gasteiger partial charge in [-0.25, -0.2) is 4.39 Å². The summed E-state index contributed by atoms with van der Waals surface area (Å²) in [5, 5.41) is 0. The van der Waals surface area contributed by atoms with Gasteiger partial charge in [0.05, 0.1) is 0 Å². The predicted molar refractivity (Wildman–Crippen MR) is 68.1 cm³/mol.